The molecule has 2 heterocycles. The maximum absolute atomic E-state index is 12.1. The van der Waals surface area contributed by atoms with Crippen LogP contribution >= 0.6 is 35.0 Å². The van der Waals surface area contributed by atoms with Crippen LogP contribution in [-0.2, 0) is 4.79 Å². The van der Waals surface area contributed by atoms with Crippen molar-refractivity contribution in [1.82, 2.24) is 9.80 Å². The average molecular weight is 370 g/mol. The van der Waals surface area contributed by atoms with E-state index in [1.807, 2.05) is 6.07 Å². The van der Waals surface area contributed by atoms with E-state index in [1.165, 1.54) is 11.8 Å². The lowest BCUT2D eigenvalue weighted by atomic mass is 10.2. The minimum atomic E-state index is -0.200. The number of nitrogens with zero attached hydrogens (tertiary/aromatic N) is 3. The Morgan fingerprint density at radius 1 is 1.26 bits per heavy atom. The Labute approximate surface area is 150 Å². The van der Waals surface area contributed by atoms with Gasteiger partial charge in [-0.1, -0.05) is 36.2 Å². The standard InChI is InChI=1S/C16H17Cl2N3OS/c1-2-20-5-7-21(8-6-20)16-19-15(22)14(23-16)9-11-3-4-12(17)10-13(11)18/h3-4,9-10H,2,5-8H2,1H3/b14-9-. The van der Waals surface area contributed by atoms with Gasteiger partial charge in [0.05, 0.1) is 4.91 Å². The number of halogens is 2. The number of benzene rings is 1. The molecule has 1 aromatic rings. The number of hydrogen-bond donors (Lipinski definition) is 0. The van der Waals surface area contributed by atoms with Crippen LogP contribution in [0.4, 0.5) is 0 Å². The van der Waals surface area contributed by atoms with Gasteiger partial charge in [-0.05, 0) is 42.1 Å². The van der Waals surface area contributed by atoms with Crippen molar-refractivity contribution < 1.29 is 4.79 Å². The second-order valence-electron chi connectivity index (χ2n) is 5.40. The lowest BCUT2D eigenvalue weighted by Gasteiger charge is -2.34. The topological polar surface area (TPSA) is 35.9 Å². The number of carbonyl (C=O) groups is 1. The van der Waals surface area contributed by atoms with Crippen LogP contribution in [-0.4, -0.2) is 53.6 Å². The zero-order chi connectivity index (χ0) is 16.4. The van der Waals surface area contributed by atoms with E-state index in [1.54, 1.807) is 18.2 Å². The molecule has 3 rings (SSSR count). The molecule has 23 heavy (non-hydrogen) atoms. The van der Waals surface area contributed by atoms with Crippen molar-refractivity contribution in [2.45, 2.75) is 6.92 Å². The molecule has 0 aliphatic carbocycles. The monoisotopic (exact) mass is 369 g/mol. The summed E-state index contributed by atoms with van der Waals surface area (Å²) in [5.41, 5.74) is 0.777. The van der Waals surface area contributed by atoms with Gasteiger partial charge in [-0.2, -0.15) is 4.99 Å². The van der Waals surface area contributed by atoms with Gasteiger partial charge in [0.25, 0.3) is 5.91 Å². The minimum Gasteiger partial charge on any atom is -0.348 e. The fourth-order valence-corrected chi connectivity index (χ4v) is 3.97. The molecule has 122 valence electrons. The average Bonchev–Trinajstić information content (AvgIpc) is 2.91. The molecule has 0 radical (unpaired) electrons. The third-order valence-corrected chi connectivity index (χ3v) is 5.56. The smallest absolute Gasteiger partial charge is 0.286 e. The van der Waals surface area contributed by atoms with Crippen LogP contribution < -0.4 is 0 Å². The van der Waals surface area contributed by atoms with Crippen LogP contribution in [0.5, 0.6) is 0 Å². The van der Waals surface area contributed by atoms with Crippen molar-refractivity contribution in [3.63, 3.8) is 0 Å². The van der Waals surface area contributed by atoms with Gasteiger partial charge in [-0.15, -0.1) is 0 Å². The first-order valence-electron chi connectivity index (χ1n) is 7.51. The lowest BCUT2D eigenvalue weighted by Crippen LogP contribution is -2.47. The molecule has 0 spiro atoms. The SMILES string of the molecule is CCN1CCN(C2=NC(=O)/C(=C/c3ccc(Cl)cc3Cl)S2)CC1. The van der Waals surface area contributed by atoms with Crippen LogP contribution in [0.15, 0.2) is 28.1 Å². The summed E-state index contributed by atoms with van der Waals surface area (Å²) < 4.78 is 0. The van der Waals surface area contributed by atoms with Gasteiger partial charge in [0.1, 0.15) is 0 Å². The van der Waals surface area contributed by atoms with Gasteiger partial charge in [0.15, 0.2) is 5.17 Å². The summed E-state index contributed by atoms with van der Waals surface area (Å²) in [4.78, 5) is 21.5. The zero-order valence-corrected chi connectivity index (χ0v) is 15.1. The number of thioether (sulfide) groups is 1. The van der Waals surface area contributed by atoms with Crippen molar-refractivity contribution in [3.8, 4) is 0 Å². The molecule has 1 aromatic carbocycles. The molecular weight excluding hydrogens is 353 g/mol. The van der Waals surface area contributed by atoms with Crippen molar-refractivity contribution >= 4 is 52.1 Å². The number of rotatable bonds is 2. The fourth-order valence-electron chi connectivity index (χ4n) is 2.55. The minimum absolute atomic E-state index is 0.200. The third kappa shape index (κ3) is 3.91. The predicted molar refractivity (Wildman–Crippen MR) is 98.2 cm³/mol. The van der Waals surface area contributed by atoms with Gasteiger partial charge >= 0.3 is 0 Å². The van der Waals surface area contributed by atoms with Gasteiger partial charge in [-0.25, -0.2) is 0 Å². The maximum atomic E-state index is 12.1. The molecule has 0 atom stereocenters. The number of carbonyl (C=O) groups excluding carboxylic acids is 1. The molecule has 1 amide bonds. The van der Waals surface area contributed by atoms with E-state index in [0.717, 1.165) is 43.5 Å². The Morgan fingerprint density at radius 2 is 2.00 bits per heavy atom. The molecule has 7 heteroatoms. The largest absolute Gasteiger partial charge is 0.348 e. The van der Waals surface area contributed by atoms with Crippen molar-refractivity contribution in [1.29, 1.82) is 0 Å². The van der Waals surface area contributed by atoms with Gasteiger partial charge in [-0.3, -0.25) is 4.79 Å². The zero-order valence-electron chi connectivity index (χ0n) is 12.8. The van der Waals surface area contributed by atoms with Crippen LogP contribution in [0.25, 0.3) is 6.08 Å². The summed E-state index contributed by atoms with van der Waals surface area (Å²) >= 11 is 13.5. The summed E-state index contributed by atoms with van der Waals surface area (Å²) in [6.45, 7) is 7.05. The van der Waals surface area contributed by atoms with Crippen LogP contribution in [0.3, 0.4) is 0 Å². The van der Waals surface area contributed by atoms with E-state index in [2.05, 4.69) is 21.7 Å². The summed E-state index contributed by atoms with van der Waals surface area (Å²) in [5.74, 6) is -0.200. The molecule has 0 N–H and O–H groups in total. The Morgan fingerprint density at radius 3 is 2.65 bits per heavy atom. The lowest BCUT2D eigenvalue weighted by molar-refractivity contribution is -0.113. The van der Waals surface area contributed by atoms with E-state index < -0.39 is 0 Å². The molecule has 2 aliphatic rings. The van der Waals surface area contributed by atoms with Crippen LogP contribution in [0.1, 0.15) is 12.5 Å². The first kappa shape index (κ1) is 16.8. The molecule has 0 aromatic heterocycles. The number of likely N-dealkylation sites (N-methyl/N-ethyl adjacent to an activating group) is 1. The van der Waals surface area contributed by atoms with Gasteiger partial charge in [0, 0.05) is 36.2 Å². The number of amides is 1. The Bertz CT molecular complexity index is 682. The second-order valence-corrected chi connectivity index (χ2v) is 7.25. The van der Waals surface area contributed by atoms with E-state index >= 15 is 0 Å². The molecular formula is C16H17Cl2N3OS. The van der Waals surface area contributed by atoms with Gasteiger partial charge < -0.3 is 9.80 Å². The number of piperazine rings is 1. The highest BCUT2D eigenvalue weighted by Crippen LogP contribution is 2.32. The van der Waals surface area contributed by atoms with Crippen molar-refractivity contribution in [2.75, 3.05) is 32.7 Å². The van der Waals surface area contributed by atoms with Gasteiger partial charge in [0.2, 0.25) is 0 Å². The molecule has 0 unspecified atom stereocenters. The normalized spacial score (nSPS) is 21.2. The highest BCUT2D eigenvalue weighted by atomic mass is 35.5. The highest BCUT2D eigenvalue weighted by Gasteiger charge is 2.28. The highest BCUT2D eigenvalue weighted by molar-refractivity contribution is 8.18. The Kier molecular flexibility index (Phi) is 5.31. The number of hydrogen-bond acceptors (Lipinski definition) is 4. The summed E-state index contributed by atoms with van der Waals surface area (Å²) in [6, 6.07) is 5.24. The first-order chi connectivity index (χ1) is 11.1. The quantitative estimate of drug-likeness (QED) is 0.746. The molecule has 2 aliphatic heterocycles. The Balaban J connectivity index is 1.71. The van der Waals surface area contributed by atoms with E-state index in [-0.39, 0.29) is 5.91 Å². The summed E-state index contributed by atoms with van der Waals surface area (Å²) in [7, 11) is 0. The van der Waals surface area contributed by atoms with Crippen molar-refractivity contribution in [2.24, 2.45) is 4.99 Å². The Hall–Kier alpha value is -1.01. The van der Waals surface area contributed by atoms with Crippen LogP contribution in [0, 0.1) is 0 Å². The number of aliphatic imine (C=N–C) groups is 1. The molecule has 0 saturated carbocycles. The summed E-state index contributed by atoms with van der Waals surface area (Å²) in [6.07, 6.45) is 1.78. The second kappa shape index (κ2) is 7.26. The third-order valence-electron chi connectivity index (χ3n) is 3.95. The molecule has 1 saturated heterocycles. The van der Waals surface area contributed by atoms with Crippen molar-refractivity contribution in [3.05, 3.63) is 38.7 Å². The number of amidine groups is 1. The molecule has 4 nitrogen and oxygen atoms in total. The first-order valence-corrected chi connectivity index (χ1v) is 9.09. The van der Waals surface area contributed by atoms with Crippen LogP contribution in [0.2, 0.25) is 10.0 Å². The predicted octanol–water partition coefficient (Wildman–Crippen LogP) is 3.60. The van der Waals surface area contributed by atoms with E-state index in [4.69, 9.17) is 23.2 Å². The summed E-state index contributed by atoms with van der Waals surface area (Å²) in [5, 5.41) is 1.90. The molecule has 0 bridgehead atoms. The van der Waals surface area contributed by atoms with E-state index in [9.17, 15) is 4.79 Å². The fraction of sp³-hybridized carbons (Fsp3) is 0.375. The van der Waals surface area contributed by atoms with E-state index in [0.29, 0.717) is 15.0 Å². The molecule has 1 fully saturated rings. The maximum Gasteiger partial charge on any atom is 0.286 e.